The lowest BCUT2D eigenvalue weighted by molar-refractivity contribution is -0.144. The van der Waals surface area contributed by atoms with Gasteiger partial charge in [-0.15, -0.1) is 0 Å². The van der Waals surface area contributed by atoms with E-state index >= 15 is 0 Å². The predicted molar refractivity (Wildman–Crippen MR) is 139 cm³/mol. The van der Waals surface area contributed by atoms with Crippen LogP contribution in [0, 0.1) is 0 Å². The number of methoxy groups -OCH3 is 1. The Morgan fingerprint density at radius 2 is 1.81 bits per heavy atom. The van der Waals surface area contributed by atoms with E-state index in [4.69, 9.17) is 14.2 Å². The van der Waals surface area contributed by atoms with Crippen LogP contribution in [0.3, 0.4) is 0 Å². The summed E-state index contributed by atoms with van der Waals surface area (Å²) >= 11 is 0. The summed E-state index contributed by atoms with van der Waals surface area (Å²) in [5.74, 6) is 0.352. The molecule has 0 bridgehead atoms. The summed E-state index contributed by atoms with van der Waals surface area (Å²) in [6, 6.07) is 15.7. The van der Waals surface area contributed by atoms with Gasteiger partial charge in [-0.2, -0.15) is 0 Å². The van der Waals surface area contributed by atoms with Crippen molar-refractivity contribution in [3.8, 4) is 11.5 Å². The van der Waals surface area contributed by atoms with E-state index < -0.39 is 11.9 Å². The number of hydrogen-bond acceptors (Lipinski definition) is 6. The van der Waals surface area contributed by atoms with Gasteiger partial charge in [-0.25, -0.2) is 4.79 Å². The molecule has 1 N–H and O–H groups in total. The number of Topliss-reactive ketones (excluding diaryl/α,β-unsaturated/α-hetero) is 1. The molecule has 0 fully saturated rings. The highest BCUT2D eigenvalue weighted by Gasteiger charge is 2.42. The quantitative estimate of drug-likeness (QED) is 0.473. The van der Waals surface area contributed by atoms with Crippen LogP contribution < -0.4 is 14.8 Å². The Hall–Kier alpha value is -3.54. The fourth-order valence-electron chi connectivity index (χ4n) is 5.07. The van der Waals surface area contributed by atoms with Gasteiger partial charge in [-0.1, -0.05) is 43.3 Å². The molecule has 2 aromatic rings. The smallest absolute Gasteiger partial charge is 0.337 e. The lowest BCUT2D eigenvalue weighted by atomic mass is 9.71. The van der Waals surface area contributed by atoms with Crippen LogP contribution in [0.4, 0.5) is 0 Å². The van der Waals surface area contributed by atoms with Gasteiger partial charge < -0.3 is 19.5 Å². The summed E-state index contributed by atoms with van der Waals surface area (Å²) in [4.78, 5) is 27.2. The van der Waals surface area contributed by atoms with E-state index in [9.17, 15) is 9.59 Å². The number of ether oxygens (including phenoxy) is 3. The number of ketones is 1. The molecule has 0 saturated heterocycles. The van der Waals surface area contributed by atoms with E-state index in [-0.39, 0.29) is 17.8 Å². The number of esters is 1. The Morgan fingerprint density at radius 1 is 1.06 bits per heavy atom. The minimum absolute atomic E-state index is 0.0387. The molecule has 2 aromatic carbocycles. The number of hydrogen-bond donors (Lipinski definition) is 1. The highest BCUT2D eigenvalue weighted by molar-refractivity contribution is 6.04. The molecular formula is C30H35NO5. The second-order valence-corrected chi connectivity index (χ2v) is 9.40. The summed E-state index contributed by atoms with van der Waals surface area (Å²) in [6.45, 7) is 8.15. The molecule has 1 aliphatic heterocycles. The summed E-state index contributed by atoms with van der Waals surface area (Å²) < 4.78 is 17.1. The van der Waals surface area contributed by atoms with Crippen LogP contribution in [-0.2, 0) is 14.3 Å². The minimum atomic E-state index is -0.549. The van der Waals surface area contributed by atoms with Crippen molar-refractivity contribution in [3.05, 3.63) is 82.2 Å². The number of benzene rings is 2. The topological polar surface area (TPSA) is 73.9 Å². The van der Waals surface area contributed by atoms with E-state index in [1.54, 1.807) is 7.11 Å². The molecule has 190 valence electrons. The van der Waals surface area contributed by atoms with Crippen LogP contribution in [0.2, 0.25) is 0 Å². The molecule has 2 aliphatic rings. The highest BCUT2D eigenvalue weighted by Crippen LogP contribution is 2.47. The number of rotatable bonds is 8. The monoisotopic (exact) mass is 489 g/mol. The fraction of sp³-hybridized carbons (Fsp3) is 0.400. The molecular weight excluding hydrogens is 454 g/mol. The van der Waals surface area contributed by atoms with E-state index in [0.717, 1.165) is 16.8 Å². The van der Waals surface area contributed by atoms with Gasteiger partial charge in [0.25, 0.3) is 0 Å². The van der Waals surface area contributed by atoms with Crippen LogP contribution in [-0.4, -0.2) is 31.6 Å². The van der Waals surface area contributed by atoms with Crippen molar-refractivity contribution in [2.45, 2.75) is 64.9 Å². The third-order valence-corrected chi connectivity index (χ3v) is 7.02. The standard InChI is InChI=1S/C30H35NO5/c1-6-18(3)36-30(33)27-19(4)31-23-15-22(20-11-9-8-10-12-20)16-24(32)29(23)28(27)21-13-14-25(35-7-2)26(17-21)34-5/h8-14,17-18,22,28,31H,6-7,15-16H2,1-5H3/t18-,22+,28-/m1/s1. The van der Waals surface area contributed by atoms with Gasteiger partial charge in [0.2, 0.25) is 0 Å². The van der Waals surface area contributed by atoms with Crippen molar-refractivity contribution in [1.29, 1.82) is 0 Å². The van der Waals surface area contributed by atoms with E-state index in [1.165, 1.54) is 0 Å². The molecule has 6 heteroatoms. The molecule has 0 unspecified atom stereocenters. The van der Waals surface area contributed by atoms with E-state index in [2.05, 4.69) is 17.4 Å². The summed E-state index contributed by atoms with van der Waals surface area (Å²) in [7, 11) is 1.59. The second kappa shape index (κ2) is 11.0. The van der Waals surface area contributed by atoms with Crippen LogP contribution in [0.25, 0.3) is 0 Å². The number of dihydropyridines is 1. The Bertz CT molecular complexity index is 1200. The molecule has 3 atom stereocenters. The van der Waals surface area contributed by atoms with Crippen LogP contribution in [0.15, 0.2) is 71.1 Å². The molecule has 4 rings (SSSR count). The van der Waals surface area contributed by atoms with Gasteiger partial charge in [-0.05, 0) is 62.8 Å². The zero-order chi connectivity index (χ0) is 25.8. The van der Waals surface area contributed by atoms with Crippen molar-refractivity contribution in [3.63, 3.8) is 0 Å². The molecule has 0 aromatic heterocycles. The molecule has 1 heterocycles. The summed E-state index contributed by atoms with van der Waals surface area (Å²) in [6.07, 6.45) is 1.56. The van der Waals surface area contributed by atoms with E-state index in [1.807, 2.05) is 64.1 Å². The highest BCUT2D eigenvalue weighted by atomic mass is 16.5. The average molecular weight is 490 g/mol. The van der Waals surface area contributed by atoms with Crippen LogP contribution in [0.5, 0.6) is 11.5 Å². The zero-order valence-corrected chi connectivity index (χ0v) is 21.7. The maximum Gasteiger partial charge on any atom is 0.337 e. The lowest BCUT2D eigenvalue weighted by Crippen LogP contribution is -2.36. The second-order valence-electron chi connectivity index (χ2n) is 9.40. The fourth-order valence-corrected chi connectivity index (χ4v) is 5.07. The molecule has 0 amide bonds. The maximum absolute atomic E-state index is 13.7. The first-order valence-electron chi connectivity index (χ1n) is 12.7. The Kier molecular flexibility index (Phi) is 7.82. The first-order valence-corrected chi connectivity index (χ1v) is 12.7. The first kappa shape index (κ1) is 25.5. The molecule has 36 heavy (non-hydrogen) atoms. The SMILES string of the molecule is CCOc1ccc([C@@H]2C(C(=O)O[C@H](C)CC)=C(C)NC3=C2C(=O)C[C@@H](c2ccccc2)C3)cc1OC. The van der Waals surface area contributed by atoms with Gasteiger partial charge in [-0.3, -0.25) is 4.79 Å². The van der Waals surface area contributed by atoms with Gasteiger partial charge in [0.05, 0.1) is 25.4 Å². The van der Waals surface area contributed by atoms with Gasteiger partial charge in [0.1, 0.15) is 0 Å². The number of nitrogens with one attached hydrogen (secondary N) is 1. The predicted octanol–water partition coefficient (Wildman–Crippen LogP) is 5.80. The van der Waals surface area contributed by atoms with Crippen LogP contribution in [0.1, 0.15) is 69.9 Å². The third kappa shape index (κ3) is 5.03. The maximum atomic E-state index is 13.7. The molecule has 0 saturated carbocycles. The van der Waals surface area contributed by atoms with Crippen molar-refractivity contribution >= 4 is 11.8 Å². The van der Waals surface area contributed by atoms with E-state index in [0.29, 0.717) is 54.2 Å². The average Bonchev–Trinajstić information content (AvgIpc) is 2.88. The van der Waals surface area contributed by atoms with Gasteiger partial charge in [0.15, 0.2) is 17.3 Å². The zero-order valence-electron chi connectivity index (χ0n) is 21.7. The minimum Gasteiger partial charge on any atom is -0.493 e. The Balaban J connectivity index is 1.82. The van der Waals surface area contributed by atoms with Crippen molar-refractivity contribution in [2.75, 3.05) is 13.7 Å². The Morgan fingerprint density at radius 3 is 2.47 bits per heavy atom. The summed E-state index contributed by atoms with van der Waals surface area (Å²) in [5.41, 5.74) is 4.62. The van der Waals surface area contributed by atoms with Crippen molar-refractivity contribution < 1.29 is 23.8 Å². The normalized spacial score (nSPS) is 20.4. The number of carbonyl (C=O) groups is 2. The molecule has 0 radical (unpaired) electrons. The number of allylic oxidation sites excluding steroid dienone is 3. The summed E-state index contributed by atoms with van der Waals surface area (Å²) in [5, 5.41) is 3.41. The first-order chi connectivity index (χ1) is 17.4. The molecule has 0 spiro atoms. The third-order valence-electron chi connectivity index (χ3n) is 7.02. The largest absolute Gasteiger partial charge is 0.493 e. The molecule has 6 nitrogen and oxygen atoms in total. The van der Waals surface area contributed by atoms with Crippen LogP contribution >= 0.6 is 0 Å². The Labute approximate surface area is 213 Å². The van der Waals surface area contributed by atoms with Crippen molar-refractivity contribution in [2.24, 2.45) is 0 Å². The number of carbonyl (C=O) groups excluding carboxylic acids is 2. The lowest BCUT2D eigenvalue weighted by Gasteiger charge is -2.37. The van der Waals surface area contributed by atoms with Crippen molar-refractivity contribution in [1.82, 2.24) is 5.32 Å². The molecule has 1 aliphatic carbocycles. The van der Waals surface area contributed by atoms with Gasteiger partial charge in [0, 0.05) is 29.3 Å². The van der Waals surface area contributed by atoms with Gasteiger partial charge >= 0.3 is 5.97 Å².